The van der Waals surface area contributed by atoms with Crippen LogP contribution in [0.1, 0.15) is 58.3 Å². The number of amides is 1. The minimum atomic E-state index is -0.374. The van der Waals surface area contributed by atoms with Gasteiger partial charge in [0.05, 0.1) is 12.7 Å². The highest BCUT2D eigenvalue weighted by atomic mass is 16.5. The first kappa shape index (κ1) is 16.4. The van der Waals surface area contributed by atoms with Crippen LogP contribution in [0.25, 0.3) is 0 Å². The molecule has 1 rings (SSSR count). The molecule has 1 fully saturated rings. The van der Waals surface area contributed by atoms with Crippen LogP contribution in [0.3, 0.4) is 0 Å². The summed E-state index contributed by atoms with van der Waals surface area (Å²) in [6.07, 6.45) is 7.75. The number of ether oxygens (including phenoxy) is 1. The van der Waals surface area contributed by atoms with Crippen LogP contribution in [-0.2, 0) is 9.53 Å². The lowest BCUT2D eigenvalue weighted by atomic mass is 9.94. The normalized spacial score (nSPS) is 18.3. The number of aliphatic hydroxyl groups excluding tert-OH is 1. The van der Waals surface area contributed by atoms with E-state index in [1.165, 1.54) is 19.3 Å². The van der Waals surface area contributed by atoms with Crippen molar-refractivity contribution in [3.05, 3.63) is 0 Å². The highest BCUT2D eigenvalue weighted by Gasteiger charge is 2.21. The van der Waals surface area contributed by atoms with Gasteiger partial charge in [-0.3, -0.25) is 4.79 Å². The highest BCUT2D eigenvalue weighted by molar-refractivity contribution is 5.76. The average Bonchev–Trinajstić information content (AvgIpc) is 2.46. The quantitative estimate of drug-likeness (QED) is 0.689. The molecule has 1 saturated carbocycles. The van der Waals surface area contributed by atoms with E-state index in [0.717, 1.165) is 19.3 Å². The summed E-state index contributed by atoms with van der Waals surface area (Å²) >= 11 is 0. The fourth-order valence-electron chi connectivity index (χ4n) is 2.51. The Morgan fingerprint density at radius 1 is 1.37 bits per heavy atom. The topological polar surface area (TPSA) is 49.8 Å². The van der Waals surface area contributed by atoms with Gasteiger partial charge in [-0.05, 0) is 25.7 Å². The van der Waals surface area contributed by atoms with Gasteiger partial charge < -0.3 is 14.7 Å². The molecule has 4 nitrogen and oxygen atoms in total. The fourth-order valence-corrected chi connectivity index (χ4v) is 2.51. The Labute approximate surface area is 117 Å². The number of hydrogen-bond acceptors (Lipinski definition) is 3. The molecular weight excluding hydrogens is 242 g/mol. The Morgan fingerprint density at radius 2 is 2.05 bits per heavy atom. The molecule has 112 valence electrons. The molecule has 1 N–H and O–H groups in total. The number of aliphatic hydroxyl groups is 1. The lowest BCUT2D eigenvalue weighted by molar-refractivity contribution is -0.132. The summed E-state index contributed by atoms with van der Waals surface area (Å²) in [4.78, 5) is 13.9. The number of hydrogen-bond donors (Lipinski definition) is 1. The predicted octanol–water partition coefficient (Wildman–Crippen LogP) is 2.35. The predicted molar refractivity (Wildman–Crippen MR) is 76.0 cm³/mol. The monoisotopic (exact) mass is 271 g/mol. The van der Waals surface area contributed by atoms with Gasteiger partial charge in [0.15, 0.2) is 0 Å². The van der Waals surface area contributed by atoms with E-state index in [0.29, 0.717) is 32.1 Å². The second-order valence-corrected chi connectivity index (χ2v) is 5.54. The maximum Gasteiger partial charge on any atom is 0.222 e. The largest absolute Gasteiger partial charge is 0.391 e. The Kier molecular flexibility index (Phi) is 8.07. The van der Waals surface area contributed by atoms with Gasteiger partial charge in [-0.1, -0.05) is 26.2 Å². The van der Waals surface area contributed by atoms with Crippen LogP contribution >= 0.6 is 0 Å². The second-order valence-electron chi connectivity index (χ2n) is 5.54. The third kappa shape index (κ3) is 6.39. The van der Waals surface area contributed by atoms with Gasteiger partial charge in [0.25, 0.3) is 0 Å². The lowest BCUT2D eigenvalue weighted by Crippen LogP contribution is -2.38. The van der Waals surface area contributed by atoms with Crippen LogP contribution < -0.4 is 0 Å². The number of carbonyl (C=O) groups excluding carboxylic acids is 1. The third-order valence-corrected chi connectivity index (χ3v) is 3.98. The van der Waals surface area contributed by atoms with Crippen molar-refractivity contribution in [1.29, 1.82) is 0 Å². The summed E-state index contributed by atoms with van der Waals surface area (Å²) in [5, 5.41) is 9.32. The molecule has 0 radical (unpaired) electrons. The fraction of sp³-hybridized carbons (Fsp3) is 0.933. The average molecular weight is 271 g/mol. The van der Waals surface area contributed by atoms with Gasteiger partial charge >= 0.3 is 0 Å². The molecule has 4 heteroatoms. The van der Waals surface area contributed by atoms with Gasteiger partial charge in [-0.2, -0.15) is 0 Å². The van der Waals surface area contributed by atoms with Gasteiger partial charge in [-0.15, -0.1) is 0 Å². The summed E-state index contributed by atoms with van der Waals surface area (Å²) in [6, 6.07) is 0.448. The smallest absolute Gasteiger partial charge is 0.222 e. The first-order chi connectivity index (χ1) is 9.15. The van der Waals surface area contributed by atoms with Crippen LogP contribution in [0.2, 0.25) is 0 Å². The van der Waals surface area contributed by atoms with Crippen molar-refractivity contribution in [3.63, 3.8) is 0 Å². The van der Waals surface area contributed by atoms with Crippen molar-refractivity contribution >= 4 is 5.91 Å². The first-order valence-electron chi connectivity index (χ1n) is 7.66. The van der Waals surface area contributed by atoms with E-state index < -0.39 is 0 Å². The lowest BCUT2D eigenvalue weighted by Gasteiger charge is -2.31. The second kappa shape index (κ2) is 9.32. The van der Waals surface area contributed by atoms with Crippen molar-refractivity contribution in [2.45, 2.75) is 70.4 Å². The van der Waals surface area contributed by atoms with Gasteiger partial charge in [0.2, 0.25) is 5.91 Å². The summed E-state index contributed by atoms with van der Waals surface area (Å²) in [5.41, 5.74) is 0. The van der Waals surface area contributed by atoms with E-state index in [1.54, 1.807) is 0 Å². The molecule has 1 unspecified atom stereocenters. The Hall–Kier alpha value is -0.610. The molecule has 0 aromatic heterocycles. The molecule has 1 aliphatic carbocycles. The molecular formula is C15H29NO3. The molecule has 0 aromatic rings. The molecule has 1 aliphatic rings. The zero-order valence-corrected chi connectivity index (χ0v) is 12.4. The molecule has 0 saturated heterocycles. The molecule has 1 amide bonds. The number of carbonyl (C=O) groups is 1. The van der Waals surface area contributed by atoms with Crippen molar-refractivity contribution < 1.29 is 14.6 Å². The van der Waals surface area contributed by atoms with E-state index >= 15 is 0 Å². The van der Waals surface area contributed by atoms with Crippen LogP contribution in [-0.4, -0.2) is 48.3 Å². The first-order valence-corrected chi connectivity index (χ1v) is 7.66. The third-order valence-electron chi connectivity index (χ3n) is 3.98. The van der Waals surface area contributed by atoms with E-state index in [4.69, 9.17) is 4.74 Å². The molecule has 0 aliphatic heterocycles. The summed E-state index contributed by atoms with van der Waals surface area (Å²) < 4.78 is 5.34. The van der Waals surface area contributed by atoms with Crippen molar-refractivity contribution in [3.8, 4) is 0 Å². The number of rotatable bonds is 8. The molecule has 1 atom stereocenters. The van der Waals surface area contributed by atoms with Gasteiger partial charge in [0, 0.05) is 26.1 Å². The SMILES string of the molecule is CCC(O)COCCCC(=O)N(C)C1CCCCC1. The summed E-state index contributed by atoms with van der Waals surface area (Å²) in [6.45, 7) is 2.86. The van der Waals surface area contributed by atoms with E-state index in [9.17, 15) is 9.90 Å². The maximum absolute atomic E-state index is 12.0. The van der Waals surface area contributed by atoms with Gasteiger partial charge in [-0.25, -0.2) is 0 Å². The molecule has 0 bridgehead atoms. The molecule has 0 spiro atoms. The van der Waals surface area contributed by atoms with Crippen molar-refractivity contribution in [1.82, 2.24) is 4.90 Å². The van der Waals surface area contributed by atoms with Crippen molar-refractivity contribution in [2.75, 3.05) is 20.3 Å². The standard InChI is InChI=1S/C15H29NO3/c1-3-14(17)12-19-11-7-10-15(18)16(2)13-8-5-4-6-9-13/h13-14,17H,3-12H2,1-2H3. The molecule has 0 heterocycles. The minimum Gasteiger partial charge on any atom is -0.391 e. The Bertz CT molecular complexity index is 252. The van der Waals surface area contributed by atoms with Crippen LogP contribution in [0.4, 0.5) is 0 Å². The highest BCUT2D eigenvalue weighted by Crippen LogP contribution is 2.22. The van der Waals surface area contributed by atoms with Crippen LogP contribution in [0.5, 0.6) is 0 Å². The van der Waals surface area contributed by atoms with E-state index in [-0.39, 0.29) is 12.0 Å². The zero-order chi connectivity index (χ0) is 14.1. The van der Waals surface area contributed by atoms with Crippen LogP contribution in [0, 0.1) is 0 Å². The zero-order valence-electron chi connectivity index (χ0n) is 12.4. The van der Waals surface area contributed by atoms with E-state index in [1.807, 2.05) is 18.9 Å². The number of nitrogens with zero attached hydrogens (tertiary/aromatic N) is 1. The van der Waals surface area contributed by atoms with Crippen LogP contribution in [0.15, 0.2) is 0 Å². The maximum atomic E-state index is 12.0. The van der Waals surface area contributed by atoms with Gasteiger partial charge in [0.1, 0.15) is 0 Å². The Balaban J connectivity index is 2.09. The minimum absolute atomic E-state index is 0.228. The van der Waals surface area contributed by atoms with E-state index in [2.05, 4.69) is 0 Å². The summed E-state index contributed by atoms with van der Waals surface area (Å²) in [5.74, 6) is 0.228. The summed E-state index contributed by atoms with van der Waals surface area (Å²) in [7, 11) is 1.93. The van der Waals surface area contributed by atoms with Crippen molar-refractivity contribution in [2.24, 2.45) is 0 Å². The molecule has 19 heavy (non-hydrogen) atoms. The molecule has 0 aromatic carbocycles. The Morgan fingerprint density at radius 3 is 2.68 bits per heavy atom.